The van der Waals surface area contributed by atoms with E-state index < -0.39 is 5.60 Å². The van der Waals surface area contributed by atoms with E-state index in [-0.39, 0.29) is 0 Å². The van der Waals surface area contributed by atoms with Crippen LogP contribution in [0.15, 0.2) is 24.3 Å². The molecule has 0 spiro atoms. The third kappa shape index (κ3) is 4.99. The predicted molar refractivity (Wildman–Crippen MR) is 68.4 cm³/mol. The minimum Gasteiger partial charge on any atom is -0.389 e. The molecule has 0 saturated carbocycles. The Morgan fingerprint density at radius 2 is 2.12 bits per heavy atom. The van der Waals surface area contributed by atoms with Crippen molar-refractivity contribution in [2.45, 2.75) is 32.9 Å². The second-order valence-corrected chi connectivity index (χ2v) is 4.93. The molecular weight excluding hydrogens is 212 g/mol. The Morgan fingerprint density at radius 1 is 1.41 bits per heavy atom. The Balaban J connectivity index is 2.71. The molecule has 0 amide bonds. The van der Waals surface area contributed by atoms with Crippen molar-refractivity contribution in [1.82, 2.24) is 4.90 Å². The molecule has 0 radical (unpaired) electrons. The van der Waals surface area contributed by atoms with Gasteiger partial charge in [0, 0.05) is 13.1 Å². The molecule has 1 N–H and O–H groups in total. The highest BCUT2D eigenvalue weighted by molar-refractivity contribution is 5.32. The first-order valence-corrected chi connectivity index (χ1v) is 5.88. The summed E-state index contributed by atoms with van der Waals surface area (Å²) in [5.74, 6) is 0. The van der Waals surface area contributed by atoms with Crippen molar-refractivity contribution in [1.29, 1.82) is 5.26 Å². The molecule has 1 rings (SSSR count). The number of rotatable bonds is 5. The molecule has 0 unspecified atom stereocenters. The maximum atomic E-state index is 9.80. The Bertz CT molecular complexity index is 401. The fourth-order valence-electron chi connectivity index (χ4n) is 1.82. The van der Waals surface area contributed by atoms with E-state index in [1.165, 1.54) is 0 Å². The van der Waals surface area contributed by atoms with Crippen molar-refractivity contribution >= 4 is 0 Å². The van der Waals surface area contributed by atoms with E-state index >= 15 is 0 Å². The quantitative estimate of drug-likeness (QED) is 0.846. The zero-order chi connectivity index (χ0) is 12.9. The van der Waals surface area contributed by atoms with E-state index in [9.17, 15) is 5.11 Å². The average molecular weight is 232 g/mol. The van der Waals surface area contributed by atoms with Crippen LogP contribution in [0.5, 0.6) is 0 Å². The lowest BCUT2D eigenvalue weighted by molar-refractivity contribution is 0.0353. The maximum absolute atomic E-state index is 9.80. The minimum atomic E-state index is -0.692. The molecule has 0 bridgehead atoms. The number of hydrogen-bond donors (Lipinski definition) is 1. The fourth-order valence-corrected chi connectivity index (χ4v) is 1.82. The third-order valence-corrected chi connectivity index (χ3v) is 2.52. The topological polar surface area (TPSA) is 47.3 Å². The molecule has 3 nitrogen and oxygen atoms in total. The summed E-state index contributed by atoms with van der Waals surface area (Å²) in [7, 11) is 0. The summed E-state index contributed by atoms with van der Waals surface area (Å²) < 4.78 is 0. The Labute approximate surface area is 103 Å². The van der Waals surface area contributed by atoms with Gasteiger partial charge in [0.15, 0.2) is 0 Å². The molecule has 0 aliphatic carbocycles. The van der Waals surface area contributed by atoms with E-state index in [0.717, 1.165) is 18.7 Å². The Morgan fingerprint density at radius 3 is 2.65 bits per heavy atom. The number of hydrogen-bond acceptors (Lipinski definition) is 3. The van der Waals surface area contributed by atoms with Gasteiger partial charge in [0.05, 0.1) is 17.2 Å². The Kier molecular flexibility index (Phi) is 4.68. The highest BCUT2D eigenvalue weighted by Crippen LogP contribution is 2.11. The standard InChI is InChI=1S/C14H20N2O/c1-4-16(11-14(2,3)17)10-13-7-5-6-12(8-13)9-15/h5-8,17H,4,10-11H2,1-3H3. The van der Waals surface area contributed by atoms with E-state index in [4.69, 9.17) is 5.26 Å². The van der Waals surface area contributed by atoms with Crippen LogP contribution in [0, 0.1) is 11.3 Å². The normalized spacial score (nSPS) is 11.5. The van der Waals surface area contributed by atoms with E-state index in [0.29, 0.717) is 12.1 Å². The van der Waals surface area contributed by atoms with Crippen LogP contribution in [0.4, 0.5) is 0 Å². The van der Waals surface area contributed by atoms with Crippen LogP contribution in [0.1, 0.15) is 31.9 Å². The first-order chi connectivity index (χ1) is 7.94. The van der Waals surface area contributed by atoms with Crippen molar-refractivity contribution in [3.63, 3.8) is 0 Å². The molecule has 92 valence electrons. The average Bonchev–Trinajstić information content (AvgIpc) is 2.26. The molecule has 0 saturated heterocycles. The summed E-state index contributed by atoms with van der Waals surface area (Å²) in [5.41, 5.74) is 1.10. The highest BCUT2D eigenvalue weighted by Gasteiger charge is 2.17. The third-order valence-electron chi connectivity index (χ3n) is 2.52. The zero-order valence-corrected chi connectivity index (χ0v) is 10.8. The van der Waals surface area contributed by atoms with Crippen molar-refractivity contribution in [2.24, 2.45) is 0 Å². The molecule has 3 heteroatoms. The first kappa shape index (κ1) is 13.7. The number of likely N-dealkylation sites (N-methyl/N-ethyl adjacent to an activating group) is 1. The van der Waals surface area contributed by atoms with Gasteiger partial charge in [0.25, 0.3) is 0 Å². The van der Waals surface area contributed by atoms with E-state index in [1.807, 2.05) is 18.2 Å². The largest absolute Gasteiger partial charge is 0.389 e. The summed E-state index contributed by atoms with van der Waals surface area (Å²) in [4.78, 5) is 2.16. The molecular formula is C14H20N2O. The highest BCUT2D eigenvalue weighted by atomic mass is 16.3. The smallest absolute Gasteiger partial charge is 0.0991 e. The lowest BCUT2D eigenvalue weighted by atomic mass is 10.1. The molecule has 0 aromatic heterocycles. The molecule has 0 aliphatic rings. The minimum absolute atomic E-state index is 0.625. The van der Waals surface area contributed by atoms with Gasteiger partial charge in [-0.2, -0.15) is 5.26 Å². The maximum Gasteiger partial charge on any atom is 0.0991 e. The second-order valence-electron chi connectivity index (χ2n) is 4.93. The lowest BCUT2D eigenvalue weighted by Crippen LogP contribution is -2.38. The second kappa shape index (κ2) is 5.81. The van der Waals surface area contributed by atoms with Crippen LogP contribution in [-0.4, -0.2) is 28.7 Å². The van der Waals surface area contributed by atoms with Gasteiger partial charge < -0.3 is 5.11 Å². The fraction of sp³-hybridized carbons (Fsp3) is 0.500. The predicted octanol–water partition coefficient (Wildman–Crippen LogP) is 2.15. The summed E-state index contributed by atoms with van der Waals surface area (Å²) in [5, 5.41) is 18.6. The van der Waals surface area contributed by atoms with Gasteiger partial charge in [-0.3, -0.25) is 4.90 Å². The number of nitrogens with zero attached hydrogens (tertiary/aromatic N) is 2. The van der Waals surface area contributed by atoms with Crippen molar-refractivity contribution in [2.75, 3.05) is 13.1 Å². The van der Waals surface area contributed by atoms with E-state index in [2.05, 4.69) is 17.9 Å². The molecule has 1 aromatic rings. The summed E-state index contributed by atoms with van der Waals surface area (Å²) in [6.45, 7) is 7.94. The molecule has 0 heterocycles. The molecule has 0 aliphatic heterocycles. The summed E-state index contributed by atoms with van der Waals surface area (Å²) >= 11 is 0. The van der Waals surface area contributed by atoms with Crippen molar-refractivity contribution in [3.8, 4) is 6.07 Å². The van der Waals surface area contributed by atoms with Crippen molar-refractivity contribution < 1.29 is 5.11 Å². The Hall–Kier alpha value is -1.37. The molecule has 0 atom stereocenters. The van der Waals surface area contributed by atoms with Gasteiger partial charge in [-0.25, -0.2) is 0 Å². The summed E-state index contributed by atoms with van der Waals surface area (Å²) in [6.07, 6.45) is 0. The van der Waals surface area contributed by atoms with Gasteiger partial charge in [0.1, 0.15) is 0 Å². The van der Waals surface area contributed by atoms with Crippen LogP contribution in [0.3, 0.4) is 0 Å². The van der Waals surface area contributed by atoms with Crippen molar-refractivity contribution in [3.05, 3.63) is 35.4 Å². The monoisotopic (exact) mass is 232 g/mol. The van der Waals surface area contributed by atoms with Crippen LogP contribution >= 0.6 is 0 Å². The zero-order valence-electron chi connectivity index (χ0n) is 10.8. The number of nitriles is 1. The van der Waals surface area contributed by atoms with Crippen LogP contribution < -0.4 is 0 Å². The van der Waals surface area contributed by atoms with Crippen LogP contribution in [0.2, 0.25) is 0 Å². The molecule has 0 fully saturated rings. The molecule has 1 aromatic carbocycles. The van der Waals surface area contributed by atoms with Crippen LogP contribution in [-0.2, 0) is 6.54 Å². The van der Waals surface area contributed by atoms with E-state index in [1.54, 1.807) is 19.9 Å². The van der Waals surface area contributed by atoms with Gasteiger partial charge in [0.2, 0.25) is 0 Å². The lowest BCUT2D eigenvalue weighted by Gasteiger charge is -2.28. The first-order valence-electron chi connectivity index (χ1n) is 5.88. The number of aliphatic hydroxyl groups is 1. The van der Waals surface area contributed by atoms with Gasteiger partial charge in [-0.15, -0.1) is 0 Å². The molecule has 17 heavy (non-hydrogen) atoms. The number of benzene rings is 1. The van der Waals surface area contributed by atoms with Gasteiger partial charge in [-0.05, 0) is 38.1 Å². The van der Waals surface area contributed by atoms with Crippen LogP contribution in [0.25, 0.3) is 0 Å². The van der Waals surface area contributed by atoms with Gasteiger partial charge >= 0.3 is 0 Å². The SMILES string of the molecule is CCN(Cc1cccc(C#N)c1)CC(C)(C)O. The van der Waals surface area contributed by atoms with Gasteiger partial charge in [-0.1, -0.05) is 19.1 Å². The summed E-state index contributed by atoms with van der Waals surface area (Å²) in [6, 6.07) is 9.74.